The minimum absolute atomic E-state index is 0.0260. The molecule has 15 heteroatoms. The molecule has 0 unspecified atom stereocenters. The fourth-order valence-electron chi connectivity index (χ4n) is 4.76. The van der Waals surface area contributed by atoms with Crippen LogP contribution in [0.5, 0.6) is 23.0 Å². The first-order chi connectivity index (χ1) is 20.0. The zero-order valence-electron chi connectivity index (χ0n) is 21.7. The van der Waals surface area contributed by atoms with Gasteiger partial charge in [0.15, 0.2) is 6.29 Å². The summed E-state index contributed by atoms with van der Waals surface area (Å²) in [5, 5.41) is 101. The van der Waals surface area contributed by atoms with Gasteiger partial charge in [0.25, 0.3) is 0 Å². The number of benzene rings is 2. The Morgan fingerprint density at radius 2 is 1.31 bits per heavy atom. The van der Waals surface area contributed by atoms with Crippen LogP contribution in [0.4, 0.5) is 0 Å². The molecule has 2 aliphatic heterocycles. The number of rotatable bonds is 7. The first-order valence-corrected chi connectivity index (χ1v) is 12.9. The van der Waals surface area contributed by atoms with E-state index in [9.17, 15) is 51.1 Å². The quantitative estimate of drug-likeness (QED) is 0.140. The summed E-state index contributed by atoms with van der Waals surface area (Å²) in [4.78, 5) is 0. The van der Waals surface area contributed by atoms with E-state index in [4.69, 9.17) is 23.4 Å². The van der Waals surface area contributed by atoms with E-state index in [1.165, 1.54) is 36.4 Å². The molecule has 3 heterocycles. The molecule has 1 aromatic heterocycles. The average Bonchev–Trinajstić information content (AvgIpc) is 2.97. The van der Waals surface area contributed by atoms with Crippen LogP contribution in [0.25, 0.3) is 22.3 Å². The van der Waals surface area contributed by atoms with Gasteiger partial charge in [-0.05, 0) is 24.3 Å². The summed E-state index contributed by atoms with van der Waals surface area (Å²) < 4.78 is 28.2. The van der Waals surface area contributed by atoms with Crippen molar-refractivity contribution in [2.75, 3.05) is 13.2 Å². The summed E-state index contributed by atoms with van der Waals surface area (Å²) in [7, 11) is 0. The van der Waals surface area contributed by atoms with Crippen LogP contribution in [-0.4, -0.2) is 126 Å². The topological polar surface area (TPSA) is 251 Å². The third-order valence-corrected chi connectivity index (χ3v) is 7.13. The summed E-state index contributed by atoms with van der Waals surface area (Å²) in [6.07, 6.45) is -16.2. The third kappa shape index (κ3) is 5.80. The van der Waals surface area contributed by atoms with E-state index in [0.29, 0.717) is 5.56 Å². The van der Waals surface area contributed by atoms with Gasteiger partial charge in [0.2, 0.25) is 12.0 Å². The van der Waals surface area contributed by atoms with Crippen LogP contribution < -0.4 is 4.74 Å². The molecule has 2 fully saturated rings. The Labute approximate surface area is 237 Å². The second-order valence-electron chi connectivity index (χ2n) is 10.0. The number of ether oxygens (including phenoxy) is 4. The Bertz CT molecular complexity index is 1380. The van der Waals surface area contributed by atoms with Crippen LogP contribution in [0, 0.1) is 0 Å². The van der Waals surface area contributed by atoms with E-state index in [0.717, 1.165) is 6.07 Å². The first kappa shape index (κ1) is 30.1. The molecule has 0 radical (unpaired) electrons. The lowest BCUT2D eigenvalue weighted by molar-refractivity contribution is -0.323. The van der Waals surface area contributed by atoms with E-state index in [-0.39, 0.29) is 39.7 Å². The van der Waals surface area contributed by atoms with Gasteiger partial charge in [0.05, 0.1) is 24.8 Å². The number of aromatic hydroxyl groups is 3. The molecular formula is C27H31O15+. The second-order valence-corrected chi connectivity index (χ2v) is 10.0. The molecule has 5 rings (SSSR count). The zero-order valence-corrected chi connectivity index (χ0v) is 21.7. The summed E-state index contributed by atoms with van der Waals surface area (Å²) in [5.74, 6) is -0.752. The molecule has 10 N–H and O–H groups in total. The van der Waals surface area contributed by atoms with Crippen molar-refractivity contribution < 1.29 is 74.4 Å². The number of phenols is 3. The molecule has 0 bridgehead atoms. The lowest BCUT2D eigenvalue weighted by atomic mass is 9.98. The van der Waals surface area contributed by atoms with E-state index in [1.807, 2.05) is 0 Å². The van der Waals surface area contributed by atoms with Crippen LogP contribution in [0.15, 0.2) is 46.9 Å². The van der Waals surface area contributed by atoms with Gasteiger partial charge >= 0.3 is 11.3 Å². The highest BCUT2D eigenvalue weighted by Crippen LogP contribution is 2.40. The maximum Gasteiger partial charge on any atom is 0.402 e. The molecule has 2 aliphatic rings. The Morgan fingerprint density at radius 3 is 1.98 bits per heavy atom. The van der Waals surface area contributed by atoms with E-state index in [1.54, 1.807) is 0 Å². The van der Waals surface area contributed by atoms with Gasteiger partial charge < -0.3 is 70.0 Å². The van der Waals surface area contributed by atoms with Crippen molar-refractivity contribution in [3.63, 3.8) is 0 Å². The number of hydrogen-bond acceptors (Lipinski definition) is 14. The van der Waals surface area contributed by atoms with E-state index >= 15 is 0 Å². The molecule has 2 saturated heterocycles. The molecule has 10 atom stereocenters. The highest BCUT2D eigenvalue weighted by Gasteiger charge is 2.48. The number of aliphatic hydroxyl groups excluding tert-OH is 7. The smallest absolute Gasteiger partial charge is 0.402 e. The first-order valence-electron chi connectivity index (χ1n) is 12.9. The van der Waals surface area contributed by atoms with Crippen molar-refractivity contribution in [1.82, 2.24) is 0 Å². The van der Waals surface area contributed by atoms with E-state index in [2.05, 4.69) is 0 Å². The molecule has 15 nitrogen and oxygen atoms in total. The van der Waals surface area contributed by atoms with Crippen molar-refractivity contribution >= 4 is 11.0 Å². The fraction of sp³-hybridized carbons (Fsp3) is 0.444. The van der Waals surface area contributed by atoms with Gasteiger partial charge in [-0.3, -0.25) is 0 Å². The maximum atomic E-state index is 10.7. The number of fused-ring (bicyclic) bond motifs is 1. The zero-order chi connectivity index (χ0) is 30.3. The Balaban J connectivity index is 1.41. The maximum absolute atomic E-state index is 10.7. The van der Waals surface area contributed by atoms with Crippen molar-refractivity contribution in [3.8, 4) is 34.3 Å². The normalized spacial score (nSPS) is 33.5. The monoisotopic (exact) mass is 595 g/mol. The molecule has 0 amide bonds. The molecule has 228 valence electrons. The Morgan fingerprint density at radius 1 is 0.690 bits per heavy atom. The molecule has 42 heavy (non-hydrogen) atoms. The number of aliphatic hydroxyl groups is 7. The fourth-order valence-corrected chi connectivity index (χ4v) is 4.76. The highest BCUT2D eigenvalue weighted by molar-refractivity contribution is 5.88. The van der Waals surface area contributed by atoms with Gasteiger partial charge in [0.1, 0.15) is 71.5 Å². The van der Waals surface area contributed by atoms with Crippen LogP contribution in [-0.2, 0) is 14.2 Å². The lowest BCUT2D eigenvalue weighted by Gasteiger charge is -2.42. The molecular weight excluding hydrogens is 564 g/mol. The van der Waals surface area contributed by atoms with Crippen molar-refractivity contribution in [2.24, 2.45) is 0 Å². The van der Waals surface area contributed by atoms with Crippen LogP contribution in [0.1, 0.15) is 0 Å². The third-order valence-electron chi connectivity index (χ3n) is 7.13. The summed E-state index contributed by atoms with van der Waals surface area (Å²) >= 11 is 0. The average molecular weight is 596 g/mol. The molecule has 0 saturated carbocycles. The van der Waals surface area contributed by atoms with Crippen LogP contribution >= 0.6 is 0 Å². The second kappa shape index (κ2) is 12.1. The standard InChI is InChI=1S/C27H30O15/c28-8-17-19(32)21(34)23(36)26(41-17)38-9-18-20(33)22(35)24(37)27(42-18)40-16-7-13-14(31)5-12(30)6-15(13)39-25(16)10-1-3-11(29)4-2-10/h1-7,17-24,26-28,32-37H,8-9H2,(H2-,29,30,31)/p+1/t17-,18-,19-,20-,21+,22+,23-,24-,26-,27-/m1/s1. The summed E-state index contributed by atoms with van der Waals surface area (Å²) in [5.41, 5.74) is 0.440. The SMILES string of the molecule is OC[C@H]1O[C@@H](OC[C@H]2O[C@@H](Oc3cc4c(O)cc(O)cc4[o+]c3-c3ccc(O)cc3)[C@H](O)[C@@H](O)[C@@H]2O)[C@H](O)[C@@H](O)[C@@H]1O. The van der Waals surface area contributed by atoms with Crippen molar-refractivity contribution in [2.45, 2.75) is 61.4 Å². The lowest BCUT2D eigenvalue weighted by Crippen LogP contribution is -2.62. The van der Waals surface area contributed by atoms with Gasteiger partial charge in [-0.1, -0.05) is 0 Å². The van der Waals surface area contributed by atoms with Gasteiger partial charge in [-0.2, -0.15) is 0 Å². The number of hydrogen-bond donors (Lipinski definition) is 10. The van der Waals surface area contributed by atoms with Gasteiger partial charge in [0, 0.05) is 12.1 Å². The summed E-state index contributed by atoms with van der Waals surface area (Å²) in [6.45, 7) is -1.26. The van der Waals surface area contributed by atoms with Crippen molar-refractivity contribution in [1.29, 1.82) is 0 Å². The predicted molar refractivity (Wildman–Crippen MR) is 138 cm³/mol. The molecule has 0 spiro atoms. The van der Waals surface area contributed by atoms with Crippen LogP contribution in [0.3, 0.4) is 0 Å². The molecule has 2 aromatic carbocycles. The van der Waals surface area contributed by atoms with Crippen LogP contribution in [0.2, 0.25) is 0 Å². The highest BCUT2D eigenvalue weighted by atomic mass is 16.7. The Kier molecular flexibility index (Phi) is 8.68. The largest absolute Gasteiger partial charge is 0.508 e. The Hall–Kier alpha value is -3.35. The van der Waals surface area contributed by atoms with Gasteiger partial charge in [-0.15, -0.1) is 0 Å². The summed E-state index contributed by atoms with van der Waals surface area (Å²) in [6, 6.07) is 9.38. The van der Waals surface area contributed by atoms with Crippen molar-refractivity contribution in [3.05, 3.63) is 42.5 Å². The predicted octanol–water partition coefficient (Wildman–Crippen LogP) is -1.50. The molecule has 0 aliphatic carbocycles. The molecule has 3 aromatic rings. The van der Waals surface area contributed by atoms with E-state index < -0.39 is 74.6 Å². The van der Waals surface area contributed by atoms with Gasteiger partial charge in [-0.25, -0.2) is 4.42 Å². The number of phenolic OH excluding ortho intramolecular Hbond substituents is 3. The minimum Gasteiger partial charge on any atom is -0.508 e. The minimum atomic E-state index is -1.81.